The molecule has 132 valence electrons. The SMILES string of the molecule is CCCN(CCC)C(=O)/C=C/c1cccc(OCc2ccccc2)c1. The summed E-state index contributed by atoms with van der Waals surface area (Å²) >= 11 is 0. The van der Waals surface area contributed by atoms with Gasteiger partial charge < -0.3 is 9.64 Å². The zero-order valence-electron chi connectivity index (χ0n) is 15.2. The third kappa shape index (κ3) is 6.46. The molecule has 0 radical (unpaired) electrons. The molecule has 0 aromatic heterocycles. The van der Waals surface area contributed by atoms with E-state index in [0.717, 1.165) is 42.8 Å². The van der Waals surface area contributed by atoms with Crippen LogP contribution in [0.3, 0.4) is 0 Å². The first kappa shape index (κ1) is 18.8. The van der Waals surface area contributed by atoms with Gasteiger partial charge in [0.1, 0.15) is 12.4 Å². The predicted octanol–water partition coefficient (Wildman–Crippen LogP) is 4.93. The quantitative estimate of drug-likeness (QED) is 0.607. The zero-order chi connectivity index (χ0) is 17.9. The molecule has 0 aliphatic rings. The van der Waals surface area contributed by atoms with Crippen molar-refractivity contribution in [3.05, 3.63) is 71.8 Å². The van der Waals surface area contributed by atoms with Crippen LogP contribution in [0.1, 0.15) is 37.8 Å². The van der Waals surface area contributed by atoms with E-state index in [0.29, 0.717) is 6.61 Å². The van der Waals surface area contributed by atoms with E-state index < -0.39 is 0 Å². The van der Waals surface area contributed by atoms with Crippen LogP contribution in [0.25, 0.3) is 6.08 Å². The molecule has 0 atom stereocenters. The molecule has 0 N–H and O–H groups in total. The van der Waals surface area contributed by atoms with Crippen molar-refractivity contribution in [1.29, 1.82) is 0 Å². The van der Waals surface area contributed by atoms with E-state index in [1.807, 2.05) is 65.6 Å². The molecule has 0 spiro atoms. The second-order valence-electron chi connectivity index (χ2n) is 6.01. The molecule has 3 heteroatoms. The lowest BCUT2D eigenvalue weighted by atomic mass is 10.2. The molecule has 25 heavy (non-hydrogen) atoms. The molecule has 0 aliphatic carbocycles. The highest BCUT2D eigenvalue weighted by molar-refractivity contribution is 5.91. The second kappa shape index (κ2) is 10.3. The minimum absolute atomic E-state index is 0.0688. The fraction of sp³-hybridized carbons (Fsp3) is 0.318. The number of hydrogen-bond donors (Lipinski definition) is 0. The Morgan fingerprint density at radius 1 is 1.00 bits per heavy atom. The number of hydrogen-bond acceptors (Lipinski definition) is 2. The monoisotopic (exact) mass is 337 g/mol. The highest BCUT2D eigenvalue weighted by Gasteiger charge is 2.07. The van der Waals surface area contributed by atoms with Crippen LogP contribution in [-0.4, -0.2) is 23.9 Å². The Balaban J connectivity index is 1.96. The summed E-state index contributed by atoms with van der Waals surface area (Å²) in [4.78, 5) is 14.2. The Hall–Kier alpha value is -2.55. The number of nitrogens with zero attached hydrogens (tertiary/aromatic N) is 1. The highest BCUT2D eigenvalue weighted by Crippen LogP contribution is 2.16. The number of carbonyl (C=O) groups excluding carboxylic acids is 1. The van der Waals surface area contributed by atoms with Gasteiger partial charge in [-0.05, 0) is 42.2 Å². The first-order valence-electron chi connectivity index (χ1n) is 8.96. The fourth-order valence-corrected chi connectivity index (χ4v) is 2.59. The number of benzene rings is 2. The molecule has 2 aromatic rings. The Morgan fingerprint density at radius 3 is 2.40 bits per heavy atom. The van der Waals surface area contributed by atoms with Gasteiger partial charge in [0.15, 0.2) is 0 Å². The molecule has 0 bridgehead atoms. The normalized spacial score (nSPS) is 10.8. The van der Waals surface area contributed by atoms with Gasteiger partial charge >= 0.3 is 0 Å². The van der Waals surface area contributed by atoms with Gasteiger partial charge in [0.25, 0.3) is 0 Å². The third-order valence-corrected chi connectivity index (χ3v) is 3.82. The summed E-state index contributed by atoms with van der Waals surface area (Å²) in [5.41, 5.74) is 2.10. The van der Waals surface area contributed by atoms with E-state index >= 15 is 0 Å². The Labute approximate surface area is 150 Å². The van der Waals surface area contributed by atoms with Gasteiger partial charge in [0.05, 0.1) is 0 Å². The van der Waals surface area contributed by atoms with E-state index in [4.69, 9.17) is 4.74 Å². The summed E-state index contributed by atoms with van der Waals surface area (Å²) in [6.45, 7) is 6.32. The van der Waals surface area contributed by atoms with Crippen molar-refractivity contribution in [2.45, 2.75) is 33.3 Å². The van der Waals surface area contributed by atoms with E-state index in [-0.39, 0.29) is 5.91 Å². The molecule has 2 aromatic carbocycles. The van der Waals surface area contributed by atoms with Gasteiger partial charge in [0, 0.05) is 19.2 Å². The molecule has 0 saturated carbocycles. The molecule has 0 fully saturated rings. The largest absolute Gasteiger partial charge is 0.489 e. The van der Waals surface area contributed by atoms with Gasteiger partial charge in [-0.1, -0.05) is 56.3 Å². The Kier molecular flexibility index (Phi) is 7.77. The lowest BCUT2D eigenvalue weighted by Gasteiger charge is -2.19. The summed E-state index contributed by atoms with van der Waals surface area (Å²) in [6.07, 6.45) is 5.46. The van der Waals surface area contributed by atoms with E-state index in [2.05, 4.69) is 13.8 Å². The predicted molar refractivity (Wildman–Crippen MR) is 103 cm³/mol. The maximum absolute atomic E-state index is 12.3. The summed E-state index contributed by atoms with van der Waals surface area (Å²) < 4.78 is 5.83. The third-order valence-electron chi connectivity index (χ3n) is 3.82. The Bertz CT molecular complexity index is 673. The van der Waals surface area contributed by atoms with Crippen molar-refractivity contribution in [2.75, 3.05) is 13.1 Å². The van der Waals surface area contributed by atoms with Gasteiger partial charge in [-0.3, -0.25) is 4.79 Å². The van der Waals surface area contributed by atoms with Crippen LogP contribution in [0, 0.1) is 0 Å². The van der Waals surface area contributed by atoms with Crippen LogP contribution >= 0.6 is 0 Å². The smallest absolute Gasteiger partial charge is 0.246 e. The summed E-state index contributed by atoms with van der Waals surface area (Å²) in [7, 11) is 0. The minimum atomic E-state index is 0.0688. The van der Waals surface area contributed by atoms with Crippen molar-refractivity contribution >= 4 is 12.0 Å². The van der Waals surface area contributed by atoms with Crippen LogP contribution in [-0.2, 0) is 11.4 Å². The molecule has 2 rings (SSSR count). The number of carbonyl (C=O) groups is 1. The van der Waals surface area contributed by atoms with Crippen molar-refractivity contribution in [3.8, 4) is 5.75 Å². The summed E-state index contributed by atoms with van der Waals surface area (Å²) in [5, 5.41) is 0. The van der Waals surface area contributed by atoms with Gasteiger partial charge in [-0.15, -0.1) is 0 Å². The van der Waals surface area contributed by atoms with Crippen LogP contribution in [0.4, 0.5) is 0 Å². The molecule has 0 aliphatic heterocycles. The van der Waals surface area contributed by atoms with Crippen molar-refractivity contribution in [1.82, 2.24) is 4.90 Å². The summed E-state index contributed by atoms with van der Waals surface area (Å²) in [6, 6.07) is 17.9. The average molecular weight is 337 g/mol. The van der Waals surface area contributed by atoms with Crippen LogP contribution in [0.15, 0.2) is 60.7 Å². The fourth-order valence-electron chi connectivity index (χ4n) is 2.59. The molecule has 1 amide bonds. The van der Waals surface area contributed by atoms with E-state index in [1.165, 1.54) is 0 Å². The van der Waals surface area contributed by atoms with E-state index in [1.54, 1.807) is 6.08 Å². The first-order valence-corrected chi connectivity index (χ1v) is 8.96. The average Bonchev–Trinajstić information content (AvgIpc) is 2.65. The number of amides is 1. The number of ether oxygens (including phenoxy) is 1. The lowest BCUT2D eigenvalue weighted by molar-refractivity contribution is -0.126. The van der Waals surface area contributed by atoms with Crippen LogP contribution in [0.5, 0.6) is 5.75 Å². The molecular weight excluding hydrogens is 310 g/mol. The van der Waals surface area contributed by atoms with E-state index in [9.17, 15) is 4.79 Å². The Morgan fingerprint density at radius 2 is 1.72 bits per heavy atom. The zero-order valence-corrected chi connectivity index (χ0v) is 15.2. The second-order valence-corrected chi connectivity index (χ2v) is 6.01. The highest BCUT2D eigenvalue weighted by atomic mass is 16.5. The lowest BCUT2D eigenvalue weighted by Crippen LogP contribution is -2.30. The van der Waals surface area contributed by atoms with Crippen molar-refractivity contribution < 1.29 is 9.53 Å². The maximum Gasteiger partial charge on any atom is 0.246 e. The first-order chi connectivity index (χ1) is 12.2. The molecule has 0 heterocycles. The van der Waals surface area contributed by atoms with Crippen LogP contribution < -0.4 is 4.74 Å². The van der Waals surface area contributed by atoms with Gasteiger partial charge in [-0.2, -0.15) is 0 Å². The van der Waals surface area contributed by atoms with Crippen molar-refractivity contribution in [3.63, 3.8) is 0 Å². The minimum Gasteiger partial charge on any atom is -0.489 e. The summed E-state index contributed by atoms with van der Waals surface area (Å²) in [5.74, 6) is 0.872. The number of rotatable bonds is 9. The van der Waals surface area contributed by atoms with Crippen LogP contribution in [0.2, 0.25) is 0 Å². The molecule has 3 nitrogen and oxygen atoms in total. The maximum atomic E-state index is 12.3. The van der Waals surface area contributed by atoms with Crippen molar-refractivity contribution in [2.24, 2.45) is 0 Å². The molecular formula is C22H27NO2. The molecule has 0 unspecified atom stereocenters. The van der Waals surface area contributed by atoms with Gasteiger partial charge in [0.2, 0.25) is 5.91 Å². The topological polar surface area (TPSA) is 29.5 Å². The molecule has 0 saturated heterocycles. The standard InChI is InChI=1S/C22H27NO2/c1-3-15-23(16-4-2)22(24)14-13-19-11-8-12-21(17-19)25-18-20-9-6-5-7-10-20/h5-14,17H,3-4,15-16,18H2,1-2H3/b14-13+. The van der Waals surface area contributed by atoms with Gasteiger partial charge in [-0.25, -0.2) is 0 Å².